The number of nitrogens with two attached hydrogens (primary N) is 1. The molecule has 144 valence electrons. The summed E-state index contributed by atoms with van der Waals surface area (Å²) < 4.78 is 0. The van der Waals surface area contributed by atoms with Gasteiger partial charge in [-0.1, -0.05) is 29.3 Å². The second-order valence-electron chi connectivity index (χ2n) is 6.77. The van der Waals surface area contributed by atoms with Crippen LogP contribution in [0.1, 0.15) is 29.2 Å². The summed E-state index contributed by atoms with van der Waals surface area (Å²) in [4.78, 5) is 19.3. The first-order valence-electron chi connectivity index (χ1n) is 8.98. The van der Waals surface area contributed by atoms with Crippen LogP contribution >= 0.6 is 23.2 Å². The number of carbonyl (C=O) groups is 1. The van der Waals surface area contributed by atoms with E-state index in [2.05, 4.69) is 15.2 Å². The van der Waals surface area contributed by atoms with Crippen molar-refractivity contribution in [3.63, 3.8) is 0 Å². The molecule has 0 saturated heterocycles. The Kier molecular flexibility index (Phi) is 5.35. The predicted molar refractivity (Wildman–Crippen MR) is 109 cm³/mol. The predicted octanol–water partition coefficient (Wildman–Crippen LogP) is 3.75. The highest BCUT2D eigenvalue weighted by atomic mass is 35.5. The Morgan fingerprint density at radius 2 is 2.11 bits per heavy atom. The van der Waals surface area contributed by atoms with Crippen LogP contribution in [0.2, 0.25) is 10.0 Å². The molecule has 4 rings (SSSR count). The molecular formula is C20H19Cl2N5O. The third kappa shape index (κ3) is 3.51. The number of aromatic nitrogens is 3. The van der Waals surface area contributed by atoms with Crippen molar-refractivity contribution in [2.75, 3.05) is 6.54 Å². The summed E-state index contributed by atoms with van der Waals surface area (Å²) in [5, 5.41) is 8.37. The van der Waals surface area contributed by atoms with E-state index in [-0.39, 0.29) is 11.8 Å². The lowest BCUT2D eigenvalue weighted by Crippen LogP contribution is -2.32. The molecule has 0 fully saturated rings. The van der Waals surface area contributed by atoms with Gasteiger partial charge in [-0.25, -0.2) is 0 Å². The highest BCUT2D eigenvalue weighted by Gasteiger charge is 2.33. The van der Waals surface area contributed by atoms with E-state index in [0.29, 0.717) is 36.1 Å². The van der Waals surface area contributed by atoms with Gasteiger partial charge in [0.1, 0.15) is 0 Å². The highest BCUT2D eigenvalue weighted by Crippen LogP contribution is 2.34. The number of carbonyl (C=O) groups excluding carboxylic acids is 1. The lowest BCUT2D eigenvalue weighted by atomic mass is 9.94. The number of hydrogen-bond donors (Lipinski definition) is 2. The molecule has 1 unspecified atom stereocenters. The summed E-state index contributed by atoms with van der Waals surface area (Å²) in [7, 11) is 0. The number of aromatic amines is 1. The van der Waals surface area contributed by atoms with Crippen LogP contribution in [0.5, 0.6) is 0 Å². The second-order valence-corrected chi connectivity index (χ2v) is 7.58. The molecular weight excluding hydrogens is 397 g/mol. The molecule has 1 aliphatic rings. The molecule has 3 N–H and O–H groups in total. The maximum absolute atomic E-state index is 13.3. The Hall–Kier alpha value is -2.41. The van der Waals surface area contributed by atoms with Crippen molar-refractivity contribution in [1.29, 1.82) is 0 Å². The summed E-state index contributed by atoms with van der Waals surface area (Å²) in [5.74, 6) is -0.343. The van der Waals surface area contributed by atoms with Crippen LogP contribution in [0.4, 0.5) is 0 Å². The molecule has 2 aromatic heterocycles. The molecule has 3 aromatic rings. The number of fused-ring (bicyclic) bond motifs is 1. The number of H-pyrrole nitrogens is 1. The first-order chi connectivity index (χ1) is 13.6. The van der Waals surface area contributed by atoms with Gasteiger partial charge in [0.2, 0.25) is 5.91 Å². The maximum atomic E-state index is 13.3. The topological polar surface area (TPSA) is 87.9 Å². The summed E-state index contributed by atoms with van der Waals surface area (Å²) in [6, 6.07) is 9.13. The van der Waals surface area contributed by atoms with Crippen molar-refractivity contribution < 1.29 is 4.79 Å². The first-order valence-corrected chi connectivity index (χ1v) is 9.74. The number of pyridine rings is 1. The Balaban J connectivity index is 1.59. The second kappa shape index (κ2) is 7.91. The van der Waals surface area contributed by atoms with Crippen molar-refractivity contribution in [1.82, 2.24) is 20.1 Å². The Labute approximate surface area is 172 Å². The summed E-state index contributed by atoms with van der Waals surface area (Å²) >= 11 is 12.2. The normalized spacial score (nSPS) is 14.2. The van der Waals surface area contributed by atoms with Crippen LogP contribution in [0, 0.1) is 0 Å². The van der Waals surface area contributed by atoms with Gasteiger partial charge in [0.15, 0.2) is 0 Å². The fourth-order valence-electron chi connectivity index (χ4n) is 3.59. The van der Waals surface area contributed by atoms with Crippen molar-refractivity contribution in [2.45, 2.75) is 25.4 Å². The van der Waals surface area contributed by atoms with Crippen LogP contribution < -0.4 is 5.73 Å². The number of nitrogens with zero attached hydrogens (tertiary/aromatic N) is 3. The van der Waals surface area contributed by atoms with Gasteiger partial charge in [-0.05, 0) is 42.8 Å². The molecule has 1 amide bonds. The number of halogens is 2. The Morgan fingerprint density at radius 1 is 1.25 bits per heavy atom. The van der Waals surface area contributed by atoms with Crippen LogP contribution in [0.3, 0.4) is 0 Å². The molecule has 3 heterocycles. The van der Waals surface area contributed by atoms with E-state index in [0.717, 1.165) is 28.1 Å². The van der Waals surface area contributed by atoms with E-state index >= 15 is 0 Å². The van der Waals surface area contributed by atoms with E-state index < -0.39 is 0 Å². The molecule has 28 heavy (non-hydrogen) atoms. The molecule has 0 aliphatic carbocycles. The van der Waals surface area contributed by atoms with E-state index in [1.165, 1.54) is 0 Å². The standard InChI is InChI=1S/C20H19Cl2N5O/c21-16-4-3-12(8-17(16)22)14(5-6-23)20(28)27-10-15-18(11-27)25-26-19(15)13-2-1-7-24-9-13/h1-4,7-9,14H,5-6,10-11,23H2,(H,25,26). The van der Waals surface area contributed by atoms with Crippen molar-refractivity contribution in [3.8, 4) is 11.3 Å². The van der Waals surface area contributed by atoms with Gasteiger partial charge >= 0.3 is 0 Å². The molecule has 0 bridgehead atoms. The molecule has 1 atom stereocenters. The first kappa shape index (κ1) is 18.9. The van der Waals surface area contributed by atoms with Crippen molar-refractivity contribution in [3.05, 3.63) is 69.6 Å². The fourth-order valence-corrected chi connectivity index (χ4v) is 3.89. The van der Waals surface area contributed by atoms with Gasteiger partial charge in [-0.15, -0.1) is 0 Å². The third-order valence-corrected chi connectivity index (χ3v) is 5.74. The average molecular weight is 416 g/mol. The number of amides is 1. The summed E-state index contributed by atoms with van der Waals surface area (Å²) in [6.45, 7) is 1.39. The van der Waals surface area contributed by atoms with Crippen LogP contribution in [-0.2, 0) is 17.9 Å². The quantitative estimate of drug-likeness (QED) is 0.663. The smallest absolute Gasteiger partial charge is 0.230 e. The molecule has 1 aromatic carbocycles. The van der Waals surface area contributed by atoms with Gasteiger partial charge in [0.25, 0.3) is 0 Å². The zero-order valence-corrected chi connectivity index (χ0v) is 16.5. The lowest BCUT2D eigenvalue weighted by Gasteiger charge is -2.23. The zero-order chi connectivity index (χ0) is 19.7. The summed E-state index contributed by atoms with van der Waals surface area (Å²) in [5.41, 5.74) is 10.4. The minimum absolute atomic E-state index is 0.0191. The molecule has 0 saturated carbocycles. The minimum Gasteiger partial charge on any atom is -0.332 e. The number of rotatable bonds is 5. The fraction of sp³-hybridized carbons (Fsp3) is 0.250. The van der Waals surface area contributed by atoms with Crippen molar-refractivity contribution >= 4 is 29.1 Å². The van der Waals surface area contributed by atoms with Crippen LogP contribution in [0.25, 0.3) is 11.3 Å². The van der Waals surface area contributed by atoms with E-state index in [1.807, 2.05) is 23.1 Å². The largest absolute Gasteiger partial charge is 0.332 e. The summed E-state index contributed by atoms with van der Waals surface area (Å²) in [6.07, 6.45) is 4.03. The van der Waals surface area contributed by atoms with E-state index in [4.69, 9.17) is 28.9 Å². The van der Waals surface area contributed by atoms with Gasteiger partial charge in [-0.3, -0.25) is 14.9 Å². The molecule has 6 nitrogen and oxygen atoms in total. The lowest BCUT2D eigenvalue weighted by molar-refractivity contribution is -0.133. The average Bonchev–Trinajstić information content (AvgIpc) is 3.29. The molecule has 0 spiro atoms. The third-order valence-electron chi connectivity index (χ3n) is 5.00. The molecule has 1 aliphatic heterocycles. The minimum atomic E-state index is -0.362. The molecule has 0 radical (unpaired) electrons. The van der Waals surface area contributed by atoms with E-state index in [9.17, 15) is 4.79 Å². The monoisotopic (exact) mass is 415 g/mol. The van der Waals surface area contributed by atoms with Gasteiger partial charge in [0, 0.05) is 23.5 Å². The van der Waals surface area contributed by atoms with Gasteiger partial charge < -0.3 is 10.6 Å². The maximum Gasteiger partial charge on any atom is 0.230 e. The van der Waals surface area contributed by atoms with Crippen LogP contribution in [-0.4, -0.2) is 32.5 Å². The van der Waals surface area contributed by atoms with Crippen LogP contribution in [0.15, 0.2) is 42.7 Å². The number of nitrogens with one attached hydrogen (secondary N) is 1. The Bertz CT molecular complexity index is 1010. The number of benzene rings is 1. The highest BCUT2D eigenvalue weighted by molar-refractivity contribution is 6.42. The zero-order valence-electron chi connectivity index (χ0n) is 15.0. The Morgan fingerprint density at radius 3 is 2.82 bits per heavy atom. The van der Waals surface area contributed by atoms with Gasteiger partial charge in [0.05, 0.1) is 40.4 Å². The van der Waals surface area contributed by atoms with Crippen molar-refractivity contribution in [2.24, 2.45) is 5.73 Å². The molecule has 8 heteroatoms. The number of hydrogen-bond acceptors (Lipinski definition) is 4. The SMILES string of the molecule is NCCC(C(=O)N1Cc2[nH]nc(-c3cccnc3)c2C1)c1ccc(Cl)c(Cl)c1. The van der Waals surface area contributed by atoms with Gasteiger partial charge in [-0.2, -0.15) is 5.10 Å². The van der Waals surface area contributed by atoms with E-state index in [1.54, 1.807) is 24.5 Å².